The van der Waals surface area contributed by atoms with Gasteiger partial charge in [-0.1, -0.05) is 6.07 Å². The first-order chi connectivity index (χ1) is 9.10. The molecular formula is C15H15F2NO. The molecule has 0 radical (unpaired) electrons. The molecule has 0 saturated heterocycles. The molecule has 0 heterocycles. The average molecular weight is 263 g/mol. The molecule has 0 unspecified atom stereocenters. The van der Waals surface area contributed by atoms with Crippen LogP contribution in [0.3, 0.4) is 0 Å². The highest BCUT2D eigenvalue weighted by Gasteiger charge is 2.05. The van der Waals surface area contributed by atoms with E-state index in [0.717, 1.165) is 5.56 Å². The summed E-state index contributed by atoms with van der Waals surface area (Å²) in [5, 5.41) is 0. The van der Waals surface area contributed by atoms with E-state index in [1.54, 1.807) is 25.1 Å². The lowest BCUT2D eigenvalue weighted by Gasteiger charge is -2.10. The first-order valence-electron chi connectivity index (χ1n) is 5.96. The van der Waals surface area contributed by atoms with Crippen molar-refractivity contribution in [2.75, 3.05) is 0 Å². The number of hydrogen-bond acceptors (Lipinski definition) is 2. The Balaban J connectivity index is 2.12. The molecule has 2 aromatic carbocycles. The largest absolute Gasteiger partial charge is 0.489 e. The van der Waals surface area contributed by atoms with Crippen molar-refractivity contribution in [2.24, 2.45) is 5.73 Å². The lowest BCUT2D eigenvalue weighted by Crippen LogP contribution is -2.05. The Morgan fingerprint density at radius 3 is 2.53 bits per heavy atom. The summed E-state index contributed by atoms with van der Waals surface area (Å²) in [5.74, 6) is -0.00944. The van der Waals surface area contributed by atoms with Crippen molar-refractivity contribution in [1.82, 2.24) is 0 Å². The minimum atomic E-state index is -0.318. The maximum atomic E-state index is 13.1. The molecule has 19 heavy (non-hydrogen) atoms. The molecule has 0 aromatic heterocycles. The molecule has 0 amide bonds. The fourth-order valence-corrected chi connectivity index (χ4v) is 1.79. The average Bonchev–Trinajstić information content (AvgIpc) is 2.41. The summed E-state index contributed by atoms with van der Waals surface area (Å²) >= 11 is 0. The number of ether oxygens (including phenoxy) is 1. The minimum Gasteiger partial charge on any atom is -0.489 e. The van der Waals surface area contributed by atoms with Crippen molar-refractivity contribution >= 4 is 0 Å². The SMILES string of the molecule is Cc1cc(OCc2ccc(F)cc2CN)ccc1F. The van der Waals surface area contributed by atoms with Gasteiger partial charge < -0.3 is 10.5 Å². The Labute approximate surface area is 110 Å². The summed E-state index contributed by atoms with van der Waals surface area (Å²) in [6.45, 7) is 2.20. The highest BCUT2D eigenvalue weighted by atomic mass is 19.1. The molecule has 0 aliphatic heterocycles. The van der Waals surface area contributed by atoms with E-state index in [2.05, 4.69) is 0 Å². The van der Waals surface area contributed by atoms with Crippen molar-refractivity contribution in [2.45, 2.75) is 20.1 Å². The van der Waals surface area contributed by atoms with Gasteiger partial charge in [-0.15, -0.1) is 0 Å². The van der Waals surface area contributed by atoms with Gasteiger partial charge in [0.05, 0.1) is 0 Å². The topological polar surface area (TPSA) is 35.2 Å². The number of halogens is 2. The monoisotopic (exact) mass is 263 g/mol. The van der Waals surface area contributed by atoms with Gasteiger partial charge in [0.25, 0.3) is 0 Å². The van der Waals surface area contributed by atoms with Crippen LogP contribution in [-0.4, -0.2) is 0 Å². The van der Waals surface area contributed by atoms with Crippen LogP contribution in [-0.2, 0) is 13.2 Å². The third kappa shape index (κ3) is 3.29. The highest BCUT2D eigenvalue weighted by molar-refractivity contribution is 5.31. The molecule has 4 heteroatoms. The molecule has 0 saturated carbocycles. The van der Waals surface area contributed by atoms with Crippen LogP contribution in [0.4, 0.5) is 8.78 Å². The molecule has 2 N–H and O–H groups in total. The Morgan fingerprint density at radius 1 is 1.05 bits per heavy atom. The quantitative estimate of drug-likeness (QED) is 0.918. The van der Waals surface area contributed by atoms with Crippen molar-refractivity contribution in [3.05, 3.63) is 64.7 Å². The van der Waals surface area contributed by atoms with Gasteiger partial charge in [-0.3, -0.25) is 0 Å². The van der Waals surface area contributed by atoms with Gasteiger partial charge in [0.2, 0.25) is 0 Å². The van der Waals surface area contributed by atoms with Crippen LogP contribution >= 0.6 is 0 Å². The maximum Gasteiger partial charge on any atom is 0.126 e. The van der Waals surface area contributed by atoms with E-state index >= 15 is 0 Å². The molecule has 0 aliphatic carbocycles. The Bertz CT molecular complexity index is 584. The highest BCUT2D eigenvalue weighted by Crippen LogP contribution is 2.19. The molecule has 0 bridgehead atoms. The first-order valence-corrected chi connectivity index (χ1v) is 5.96. The second-order valence-electron chi connectivity index (χ2n) is 4.32. The van der Waals surface area contributed by atoms with E-state index in [4.69, 9.17) is 10.5 Å². The van der Waals surface area contributed by atoms with E-state index in [-0.39, 0.29) is 24.8 Å². The van der Waals surface area contributed by atoms with E-state index in [0.29, 0.717) is 16.9 Å². The van der Waals surface area contributed by atoms with Gasteiger partial charge >= 0.3 is 0 Å². The summed E-state index contributed by atoms with van der Waals surface area (Å²) < 4.78 is 31.7. The van der Waals surface area contributed by atoms with E-state index in [1.807, 2.05) is 0 Å². The predicted molar refractivity (Wildman–Crippen MR) is 69.8 cm³/mol. The second kappa shape index (κ2) is 5.80. The summed E-state index contributed by atoms with van der Waals surface area (Å²) in [4.78, 5) is 0. The number of rotatable bonds is 4. The molecule has 2 aromatic rings. The molecule has 0 atom stereocenters. The lowest BCUT2D eigenvalue weighted by atomic mass is 10.1. The molecule has 0 fully saturated rings. The van der Waals surface area contributed by atoms with Gasteiger partial charge in [-0.05, 0) is 53.9 Å². The standard InChI is InChI=1S/C15H15F2NO/c1-10-6-14(4-5-15(10)17)19-9-11-2-3-13(16)7-12(11)8-18/h2-7H,8-9,18H2,1H3. The minimum absolute atomic E-state index is 0.249. The van der Waals surface area contributed by atoms with Crippen LogP contribution < -0.4 is 10.5 Å². The van der Waals surface area contributed by atoms with E-state index in [1.165, 1.54) is 18.2 Å². The summed E-state index contributed by atoms with van der Waals surface area (Å²) in [5.41, 5.74) is 7.62. The van der Waals surface area contributed by atoms with Gasteiger partial charge in [-0.25, -0.2) is 8.78 Å². The Morgan fingerprint density at radius 2 is 1.84 bits per heavy atom. The maximum absolute atomic E-state index is 13.1. The summed E-state index contributed by atoms with van der Waals surface area (Å²) in [6.07, 6.45) is 0. The van der Waals surface area contributed by atoms with Crippen molar-refractivity contribution < 1.29 is 13.5 Å². The Hall–Kier alpha value is -1.94. The fraction of sp³-hybridized carbons (Fsp3) is 0.200. The summed E-state index contributed by atoms with van der Waals surface area (Å²) in [6, 6.07) is 8.96. The zero-order chi connectivity index (χ0) is 13.8. The molecule has 0 aliphatic rings. The number of hydrogen-bond donors (Lipinski definition) is 1. The molecule has 100 valence electrons. The molecule has 2 rings (SSSR count). The fourth-order valence-electron chi connectivity index (χ4n) is 1.79. The van der Waals surface area contributed by atoms with Crippen LogP contribution in [0.1, 0.15) is 16.7 Å². The van der Waals surface area contributed by atoms with Crippen LogP contribution in [0.5, 0.6) is 5.75 Å². The van der Waals surface area contributed by atoms with Crippen molar-refractivity contribution in [3.8, 4) is 5.75 Å². The molecule has 0 spiro atoms. The summed E-state index contributed by atoms with van der Waals surface area (Å²) in [7, 11) is 0. The van der Waals surface area contributed by atoms with Crippen molar-refractivity contribution in [1.29, 1.82) is 0 Å². The number of aryl methyl sites for hydroxylation is 1. The lowest BCUT2D eigenvalue weighted by molar-refractivity contribution is 0.304. The number of benzene rings is 2. The van der Waals surface area contributed by atoms with Crippen LogP contribution in [0.25, 0.3) is 0 Å². The van der Waals surface area contributed by atoms with Crippen LogP contribution in [0.2, 0.25) is 0 Å². The van der Waals surface area contributed by atoms with Gasteiger partial charge in [-0.2, -0.15) is 0 Å². The van der Waals surface area contributed by atoms with Gasteiger partial charge in [0, 0.05) is 6.54 Å². The van der Waals surface area contributed by atoms with Gasteiger partial charge in [0.1, 0.15) is 24.0 Å². The van der Waals surface area contributed by atoms with Crippen molar-refractivity contribution in [3.63, 3.8) is 0 Å². The zero-order valence-corrected chi connectivity index (χ0v) is 10.6. The van der Waals surface area contributed by atoms with Crippen LogP contribution in [0.15, 0.2) is 36.4 Å². The number of nitrogens with two attached hydrogens (primary N) is 1. The predicted octanol–water partition coefficient (Wildman–Crippen LogP) is 3.31. The second-order valence-corrected chi connectivity index (χ2v) is 4.32. The normalized spacial score (nSPS) is 10.5. The molecular weight excluding hydrogens is 248 g/mol. The van der Waals surface area contributed by atoms with Gasteiger partial charge in [0.15, 0.2) is 0 Å². The Kier molecular flexibility index (Phi) is 4.12. The molecule has 2 nitrogen and oxygen atoms in total. The first kappa shape index (κ1) is 13.5. The third-order valence-electron chi connectivity index (χ3n) is 2.91. The van der Waals surface area contributed by atoms with E-state index < -0.39 is 0 Å². The van der Waals surface area contributed by atoms with Crippen LogP contribution in [0, 0.1) is 18.6 Å². The van der Waals surface area contributed by atoms with E-state index in [9.17, 15) is 8.78 Å². The zero-order valence-electron chi connectivity index (χ0n) is 10.6. The third-order valence-corrected chi connectivity index (χ3v) is 2.91. The smallest absolute Gasteiger partial charge is 0.126 e.